The van der Waals surface area contributed by atoms with Gasteiger partial charge in [-0.25, -0.2) is 9.97 Å². The molecule has 28 heavy (non-hydrogen) atoms. The first kappa shape index (κ1) is 19.4. The minimum absolute atomic E-state index is 0.271. The van der Waals surface area contributed by atoms with Gasteiger partial charge in [0.05, 0.1) is 21.7 Å². The second-order valence-electron chi connectivity index (χ2n) is 7.74. The summed E-state index contributed by atoms with van der Waals surface area (Å²) in [7, 11) is 0. The number of halogens is 2. The number of nitrogens with zero attached hydrogens (tertiary/aromatic N) is 5. The van der Waals surface area contributed by atoms with E-state index >= 15 is 0 Å². The van der Waals surface area contributed by atoms with E-state index in [9.17, 15) is 5.26 Å². The number of aromatic nitrogens is 4. The second-order valence-corrected chi connectivity index (χ2v) is 8.88. The fraction of sp³-hybridized carbons (Fsp3) is 0.429. The van der Waals surface area contributed by atoms with Crippen molar-refractivity contribution in [2.24, 2.45) is 11.8 Å². The lowest BCUT2D eigenvalue weighted by Gasteiger charge is -2.32. The van der Waals surface area contributed by atoms with Crippen molar-refractivity contribution in [2.75, 3.05) is 0 Å². The topological polar surface area (TPSA) is 67.4 Å². The number of fused-ring (bicyclic) bond motifs is 1. The van der Waals surface area contributed by atoms with Crippen molar-refractivity contribution in [3.63, 3.8) is 0 Å². The fourth-order valence-electron chi connectivity index (χ4n) is 4.24. The molecule has 1 fully saturated rings. The average Bonchev–Trinajstić information content (AvgIpc) is 3.02. The molecule has 1 atom stereocenters. The molecule has 0 amide bonds. The molecule has 1 saturated carbocycles. The fourth-order valence-corrected chi connectivity index (χ4v) is 5.11. The zero-order valence-electron chi connectivity index (χ0n) is 15.9. The van der Waals surface area contributed by atoms with Gasteiger partial charge in [-0.2, -0.15) is 5.26 Å². The summed E-state index contributed by atoms with van der Waals surface area (Å²) in [6, 6.07) is 5.98. The van der Waals surface area contributed by atoms with E-state index in [-0.39, 0.29) is 6.04 Å². The van der Waals surface area contributed by atoms with E-state index in [1.54, 1.807) is 18.5 Å². The van der Waals surface area contributed by atoms with Crippen molar-refractivity contribution in [3.05, 3.63) is 40.0 Å². The van der Waals surface area contributed by atoms with Crippen LogP contribution in [-0.2, 0) is 0 Å². The lowest BCUT2D eigenvalue weighted by Crippen LogP contribution is -2.22. The normalized spacial score (nSPS) is 20.8. The number of pyridine rings is 2. The third-order valence-corrected chi connectivity index (χ3v) is 6.63. The Morgan fingerprint density at radius 2 is 1.96 bits per heavy atom. The molecule has 0 radical (unpaired) electrons. The minimum atomic E-state index is 0.271. The number of nitriles is 1. The van der Waals surface area contributed by atoms with E-state index in [0.717, 1.165) is 27.2 Å². The Morgan fingerprint density at radius 1 is 1.21 bits per heavy atom. The smallest absolute Gasteiger partial charge is 0.178 e. The molecule has 7 heteroatoms. The van der Waals surface area contributed by atoms with Crippen molar-refractivity contribution < 1.29 is 0 Å². The maximum Gasteiger partial charge on any atom is 0.178 e. The molecule has 1 aliphatic rings. The van der Waals surface area contributed by atoms with Crippen LogP contribution in [0.2, 0.25) is 5.02 Å². The quantitative estimate of drug-likeness (QED) is 0.471. The molecule has 0 unspecified atom stereocenters. The molecule has 144 valence electrons. The highest BCUT2D eigenvalue weighted by molar-refractivity contribution is 9.10. The first-order valence-corrected chi connectivity index (χ1v) is 10.7. The first-order chi connectivity index (χ1) is 13.5. The lowest BCUT2D eigenvalue weighted by molar-refractivity contribution is 0.226. The largest absolute Gasteiger partial charge is 0.314 e. The highest BCUT2D eigenvalue weighted by Gasteiger charge is 2.28. The zero-order chi connectivity index (χ0) is 19.8. The summed E-state index contributed by atoms with van der Waals surface area (Å²) >= 11 is 9.83. The Balaban J connectivity index is 1.90. The SMILES string of the molecule is CC1CCC([C@H](C)n2c(Br)nc3cc(C#N)nc(-c4cncc(Cl)c4)c32)CC1. The van der Waals surface area contributed by atoms with Crippen molar-refractivity contribution in [1.82, 2.24) is 19.5 Å². The molecule has 0 bridgehead atoms. The molecule has 0 N–H and O–H groups in total. The van der Waals surface area contributed by atoms with Gasteiger partial charge in [0.1, 0.15) is 11.8 Å². The van der Waals surface area contributed by atoms with Gasteiger partial charge < -0.3 is 4.57 Å². The third-order valence-electron chi connectivity index (χ3n) is 5.87. The summed E-state index contributed by atoms with van der Waals surface area (Å²) in [6.07, 6.45) is 8.28. The maximum atomic E-state index is 9.44. The molecular formula is C21H21BrClN5. The molecule has 3 aromatic heterocycles. The van der Waals surface area contributed by atoms with Gasteiger partial charge in [-0.1, -0.05) is 31.4 Å². The summed E-state index contributed by atoms with van der Waals surface area (Å²) in [5, 5.41) is 9.97. The molecule has 0 aromatic carbocycles. The highest BCUT2D eigenvalue weighted by Crippen LogP contribution is 2.40. The van der Waals surface area contributed by atoms with Gasteiger partial charge >= 0.3 is 0 Å². The number of hydrogen-bond donors (Lipinski definition) is 0. The van der Waals surface area contributed by atoms with Gasteiger partial charge in [-0.15, -0.1) is 0 Å². The Hall–Kier alpha value is -1.97. The molecular weight excluding hydrogens is 438 g/mol. The van der Waals surface area contributed by atoms with Crippen LogP contribution in [0.3, 0.4) is 0 Å². The van der Waals surface area contributed by atoms with E-state index in [2.05, 4.69) is 50.4 Å². The predicted octanol–water partition coefficient (Wildman–Crippen LogP) is 6.17. The Morgan fingerprint density at radius 3 is 2.64 bits per heavy atom. The lowest BCUT2D eigenvalue weighted by atomic mass is 9.79. The van der Waals surface area contributed by atoms with Crippen LogP contribution in [0.25, 0.3) is 22.3 Å². The zero-order valence-corrected chi connectivity index (χ0v) is 18.2. The van der Waals surface area contributed by atoms with Gasteiger partial charge in [0.2, 0.25) is 0 Å². The summed E-state index contributed by atoms with van der Waals surface area (Å²) in [6.45, 7) is 4.59. The van der Waals surface area contributed by atoms with E-state index in [4.69, 9.17) is 16.6 Å². The highest BCUT2D eigenvalue weighted by atomic mass is 79.9. The standard InChI is InChI=1S/C21H21BrClN5/c1-12-3-5-14(6-4-12)13(2)28-20-18(27-21(28)22)8-17(9-24)26-19(20)15-7-16(23)11-25-10-15/h7-8,10-14H,3-6H2,1-2H3/t12?,13-,14?/m0/s1. The van der Waals surface area contributed by atoms with E-state index < -0.39 is 0 Å². The van der Waals surface area contributed by atoms with Crippen LogP contribution in [0, 0.1) is 23.2 Å². The van der Waals surface area contributed by atoms with Gasteiger partial charge in [-0.05, 0) is 53.6 Å². The van der Waals surface area contributed by atoms with Crippen molar-refractivity contribution in [1.29, 1.82) is 5.26 Å². The maximum absolute atomic E-state index is 9.44. The van der Waals surface area contributed by atoms with Crippen LogP contribution in [0.4, 0.5) is 0 Å². The number of rotatable bonds is 3. The Bertz CT molecular complexity index is 1060. The summed E-state index contributed by atoms with van der Waals surface area (Å²) in [5.41, 5.74) is 3.48. The van der Waals surface area contributed by atoms with E-state index in [1.807, 2.05) is 6.07 Å². The molecule has 3 heterocycles. The average molecular weight is 459 g/mol. The minimum Gasteiger partial charge on any atom is -0.314 e. The van der Waals surface area contributed by atoms with Crippen LogP contribution < -0.4 is 0 Å². The molecule has 0 aliphatic heterocycles. The van der Waals surface area contributed by atoms with Gasteiger partial charge in [0.25, 0.3) is 0 Å². The van der Waals surface area contributed by atoms with Gasteiger partial charge in [0.15, 0.2) is 4.73 Å². The van der Waals surface area contributed by atoms with Gasteiger partial charge in [-0.3, -0.25) is 4.98 Å². The molecule has 5 nitrogen and oxygen atoms in total. The van der Waals surface area contributed by atoms with Gasteiger partial charge in [0, 0.05) is 30.1 Å². The number of imidazole rings is 1. The molecule has 3 aromatic rings. The summed E-state index contributed by atoms with van der Waals surface area (Å²) in [5.74, 6) is 1.39. The summed E-state index contributed by atoms with van der Waals surface area (Å²) in [4.78, 5) is 13.5. The van der Waals surface area contributed by atoms with Crippen LogP contribution in [-0.4, -0.2) is 19.5 Å². The molecule has 4 rings (SSSR count). The monoisotopic (exact) mass is 457 g/mol. The second kappa shape index (κ2) is 7.81. The number of hydrogen-bond acceptors (Lipinski definition) is 4. The van der Waals surface area contributed by atoms with Crippen LogP contribution in [0.1, 0.15) is 51.3 Å². The van der Waals surface area contributed by atoms with Crippen molar-refractivity contribution >= 4 is 38.6 Å². The first-order valence-electron chi connectivity index (χ1n) is 9.57. The van der Waals surface area contributed by atoms with E-state index in [0.29, 0.717) is 22.3 Å². The summed E-state index contributed by atoms with van der Waals surface area (Å²) < 4.78 is 2.99. The molecule has 1 aliphatic carbocycles. The van der Waals surface area contributed by atoms with Crippen molar-refractivity contribution in [2.45, 2.75) is 45.6 Å². The van der Waals surface area contributed by atoms with Crippen LogP contribution in [0.5, 0.6) is 0 Å². The molecule has 0 spiro atoms. The Labute approximate surface area is 177 Å². The van der Waals surface area contributed by atoms with Crippen molar-refractivity contribution in [3.8, 4) is 17.3 Å². The third kappa shape index (κ3) is 3.54. The van der Waals surface area contributed by atoms with Crippen LogP contribution in [0.15, 0.2) is 29.3 Å². The Kier molecular flexibility index (Phi) is 5.39. The van der Waals surface area contributed by atoms with E-state index in [1.165, 1.54) is 25.7 Å². The molecule has 0 saturated heterocycles. The van der Waals surface area contributed by atoms with Crippen LogP contribution >= 0.6 is 27.5 Å². The predicted molar refractivity (Wildman–Crippen MR) is 114 cm³/mol.